The second-order valence-corrected chi connectivity index (χ2v) is 7.73. The number of thiazole rings is 1. The van der Waals surface area contributed by atoms with E-state index in [4.69, 9.17) is 9.15 Å². The fourth-order valence-electron chi connectivity index (χ4n) is 3.15. The Bertz CT molecular complexity index is 1540. The van der Waals surface area contributed by atoms with Gasteiger partial charge in [-0.05, 0) is 30.3 Å². The summed E-state index contributed by atoms with van der Waals surface area (Å²) in [6.07, 6.45) is 1.57. The number of rotatable bonds is 6. The van der Waals surface area contributed by atoms with Crippen LogP contribution in [0.15, 0.2) is 75.9 Å². The lowest BCUT2D eigenvalue weighted by Crippen LogP contribution is -2.23. The number of furan rings is 1. The maximum atomic E-state index is 12.7. The van der Waals surface area contributed by atoms with Gasteiger partial charge in [-0.25, -0.2) is 0 Å². The van der Waals surface area contributed by atoms with Gasteiger partial charge in [-0.2, -0.15) is 9.50 Å². The topological polar surface area (TPSA) is 113 Å². The Kier molecular flexibility index (Phi) is 4.96. The molecule has 5 aromatic rings. The van der Waals surface area contributed by atoms with Crippen LogP contribution in [0, 0.1) is 10.1 Å². The number of para-hydroxylation sites is 2. The first-order chi connectivity index (χ1) is 15.6. The minimum Gasteiger partial charge on any atom is -0.486 e. The molecule has 0 bridgehead atoms. The Balaban J connectivity index is 1.41. The molecule has 0 saturated heterocycles. The Hall–Kier alpha value is -4.31. The molecule has 0 saturated carbocycles. The van der Waals surface area contributed by atoms with E-state index in [1.54, 1.807) is 36.4 Å². The van der Waals surface area contributed by atoms with Crippen LogP contribution in [0.1, 0.15) is 11.6 Å². The molecule has 3 heterocycles. The molecule has 0 amide bonds. The van der Waals surface area contributed by atoms with Gasteiger partial charge in [0.2, 0.25) is 4.96 Å². The molecule has 9 nitrogen and oxygen atoms in total. The maximum absolute atomic E-state index is 12.7. The van der Waals surface area contributed by atoms with E-state index in [9.17, 15) is 14.9 Å². The lowest BCUT2D eigenvalue weighted by Gasteiger charge is -2.01. The quantitative estimate of drug-likeness (QED) is 0.290. The maximum Gasteiger partial charge on any atom is 0.291 e. The molecule has 158 valence electrons. The van der Waals surface area contributed by atoms with Crippen LogP contribution in [-0.2, 0) is 6.61 Å². The van der Waals surface area contributed by atoms with Crippen molar-refractivity contribution in [3.05, 3.63) is 103 Å². The van der Waals surface area contributed by atoms with Gasteiger partial charge in [0.1, 0.15) is 28.4 Å². The Morgan fingerprint density at radius 3 is 2.66 bits per heavy atom. The van der Waals surface area contributed by atoms with Gasteiger partial charge >= 0.3 is 0 Å². The van der Waals surface area contributed by atoms with Gasteiger partial charge in [-0.1, -0.05) is 41.7 Å². The third-order valence-electron chi connectivity index (χ3n) is 4.60. The summed E-state index contributed by atoms with van der Waals surface area (Å²) in [6.45, 7) is 0.147. The van der Waals surface area contributed by atoms with E-state index in [1.807, 2.05) is 30.3 Å². The highest BCUT2D eigenvalue weighted by Crippen LogP contribution is 2.30. The predicted molar refractivity (Wildman–Crippen MR) is 117 cm³/mol. The summed E-state index contributed by atoms with van der Waals surface area (Å²) < 4.78 is 13.0. The number of nitro groups is 1. The zero-order valence-corrected chi connectivity index (χ0v) is 17.2. The number of hydrogen-bond acceptors (Lipinski definition) is 8. The number of fused-ring (bicyclic) bond motifs is 1. The van der Waals surface area contributed by atoms with E-state index in [2.05, 4.69) is 10.1 Å². The molecular weight excluding hydrogens is 432 g/mol. The first-order valence-electron chi connectivity index (χ1n) is 9.50. The van der Waals surface area contributed by atoms with Gasteiger partial charge in [0.15, 0.2) is 5.82 Å². The van der Waals surface area contributed by atoms with E-state index in [-0.39, 0.29) is 17.9 Å². The number of nitrogens with zero attached hydrogens (tertiary/aromatic N) is 4. The van der Waals surface area contributed by atoms with Crippen LogP contribution in [0.2, 0.25) is 0 Å². The van der Waals surface area contributed by atoms with Crippen LogP contribution in [-0.4, -0.2) is 19.5 Å². The molecular formula is C22H14N4O5S. The van der Waals surface area contributed by atoms with Crippen molar-refractivity contribution in [2.45, 2.75) is 6.61 Å². The number of aromatic nitrogens is 3. The van der Waals surface area contributed by atoms with Crippen molar-refractivity contribution in [1.82, 2.24) is 14.6 Å². The first-order valence-corrected chi connectivity index (χ1v) is 10.3. The molecule has 0 atom stereocenters. The van der Waals surface area contributed by atoms with Crippen molar-refractivity contribution < 1.29 is 14.1 Å². The molecule has 0 aliphatic heterocycles. The largest absolute Gasteiger partial charge is 0.486 e. The third kappa shape index (κ3) is 3.74. The molecule has 0 aliphatic carbocycles. The molecule has 10 heteroatoms. The van der Waals surface area contributed by atoms with Gasteiger partial charge in [-0.3, -0.25) is 14.9 Å². The molecule has 0 fully saturated rings. The van der Waals surface area contributed by atoms with Crippen LogP contribution in [0.4, 0.5) is 5.69 Å². The standard InChI is InChI=1S/C22H14N4O5S/c27-21-19(12-15-10-11-18(31-15)16-8-4-5-9-17(16)26(28)29)32-22-23-20(24-25(21)22)13-30-14-6-2-1-3-7-14/h1-12H,13H2/b19-12-. The van der Waals surface area contributed by atoms with Crippen LogP contribution in [0.3, 0.4) is 0 Å². The Morgan fingerprint density at radius 1 is 1.09 bits per heavy atom. The lowest BCUT2D eigenvalue weighted by atomic mass is 10.1. The zero-order valence-electron chi connectivity index (χ0n) is 16.4. The third-order valence-corrected chi connectivity index (χ3v) is 5.56. The summed E-state index contributed by atoms with van der Waals surface area (Å²) in [5.74, 6) is 1.83. The van der Waals surface area contributed by atoms with E-state index < -0.39 is 4.92 Å². The fraction of sp³-hybridized carbons (Fsp3) is 0.0455. The van der Waals surface area contributed by atoms with Crippen LogP contribution < -0.4 is 14.8 Å². The highest BCUT2D eigenvalue weighted by Gasteiger charge is 2.17. The number of nitro benzene ring substituents is 1. The molecule has 32 heavy (non-hydrogen) atoms. The first kappa shape index (κ1) is 19.6. The van der Waals surface area contributed by atoms with Crippen molar-refractivity contribution >= 4 is 28.1 Å². The minimum atomic E-state index is -0.462. The number of hydrogen-bond donors (Lipinski definition) is 0. The van der Waals surface area contributed by atoms with Crippen molar-refractivity contribution in [2.24, 2.45) is 0 Å². The van der Waals surface area contributed by atoms with Crippen molar-refractivity contribution in [1.29, 1.82) is 0 Å². The summed E-state index contributed by atoms with van der Waals surface area (Å²) in [5, 5.41) is 15.5. The monoisotopic (exact) mass is 446 g/mol. The smallest absolute Gasteiger partial charge is 0.291 e. The molecule has 0 unspecified atom stereocenters. The van der Waals surface area contributed by atoms with E-state index in [0.717, 1.165) is 0 Å². The van der Waals surface area contributed by atoms with E-state index in [0.29, 0.717) is 38.2 Å². The summed E-state index contributed by atoms with van der Waals surface area (Å²) in [7, 11) is 0. The molecule has 0 aliphatic rings. The van der Waals surface area contributed by atoms with E-state index >= 15 is 0 Å². The van der Waals surface area contributed by atoms with Crippen molar-refractivity contribution in [2.75, 3.05) is 0 Å². The van der Waals surface area contributed by atoms with Gasteiger partial charge in [-0.15, -0.1) is 5.10 Å². The normalized spacial score (nSPS) is 11.8. The molecule has 0 radical (unpaired) electrons. The molecule has 0 spiro atoms. The van der Waals surface area contributed by atoms with Gasteiger partial charge in [0.05, 0.1) is 10.5 Å². The number of benzene rings is 2. The Labute approximate surface area is 184 Å². The second kappa shape index (κ2) is 8.08. The van der Waals surface area contributed by atoms with Crippen molar-refractivity contribution in [3.63, 3.8) is 0 Å². The molecule has 2 aromatic carbocycles. The molecule has 3 aromatic heterocycles. The summed E-state index contributed by atoms with van der Waals surface area (Å²) in [4.78, 5) is 28.3. The van der Waals surface area contributed by atoms with Gasteiger partial charge < -0.3 is 9.15 Å². The molecule has 5 rings (SSSR count). The summed E-state index contributed by atoms with van der Waals surface area (Å²) in [5.41, 5.74) is -0.0146. The SMILES string of the molecule is O=c1/c(=C/c2ccc(-c3ccccc3[N+](=O)[O-])o2)sc2nc(COc3ccccc3)nn12. The van der Waals surface area contributed by atoms with E-state index in [1.165, 1.54) is 21.9 Å². The second-order valence-electron chi connectivity index (χ2n) is 6.72. The predicted octanol–water partition coefficient (Wildman–Crippen LogP) is 3.45. The van der Waals surface area contributed by atoms with Crippen LogP contribution >= 0.6 is 11.3 Å². The number of ether oxygens (including phenoxy) is 1. The van der Waals surface area contributed by atoms with Crippen molar-refractivity contribution in [3.8, 4) is 17.1 Å². The van der Waals surface area contributed by atoms with Gasteiger partial charge in [0, 0.05) is 12.1 Å². The zero-order chi connectivity index (χ0) is 22.1. The highest BCUT2D eigenvalue weighted by atomic mass is 32.1. The van der Waals surface area contributed by atoms with Crippen LogP contribution in [0.25, 0.3) is 22.4 Å². The fourth-order valence-corrected chi connectivity index (χ4v) is 4.05. The minimum absolute atomic E-state index is 0.0537. The van der Waals surface area contributed by atoms with Crippen LogP contribution in [0.5, 0.6) is 5.75 Å². The van der Waals surface area contributed by atoms with Gasteiger partial charge in [0.25, 0.3) is 11.2 Å². The highest BCUT2D eigenvalue weighted by molar-refractivity contribution is 7.15. The summed E-state index contributed by atoms with van der Waals surface area (Å²) in [6, 6.07) is 18.9. The average Bonchev–Trinajstić information content (AvgIpc) is 3.50. The lowest BCUT2D eigenvalue weighted by molar-refractivity contribution is -0.384. The molecule has 0 N–H and O–H groups in total. The summed E-state index contributed by atoms with van der Waals surface area (Å²) >= 11 is 1.17. The Morgan fingerprint density at radius 2 is 1.88 bits per heavy atom. The average molecular weight is 446 g/mol.